The Kier molecular flexibility index (Phi) is 9.64. The Morgan fingerprint density at radius 3 is 2.32 bits per heavy atom. The lowest BCUT2D eigenvalue weighted by atomic mass is 10.1. The normalized spacial score (nSPS) is 10.6. The molecule has 0 atom stereocenters. The smallest absolute Gasteiger partial charge is 0.252 e. The first-order valence-corrected chi connectivity index (χ1v) is 11.2. The highest BCUT2D eigenvalue weighted by molar-refractivity contribution is 5.95. The average Bonchev–Trinajstić information content (AvgIpc) is 2.86. The Morgan fingerprint density at radius 1 is 0.824 bits per heavy atom. The molecule has 178 valence electrons. The van der Waals surface area contributed by atoms with Crippen LogP contribution in [-0.4, -0.2) is 31.6 Å². The number of carbonyl (C=O) groups excluding carboxylic acids is 2. The topological polar surface area (TPSA) is 99.9 Å². The summed E-state index contributed by atoms with van der Waals surface area (Å²) in [5, 5.41) is 2.95. The van der Waals surface area contributed by atoms with E-state index in [1.54, 1.807) is 42.5 Å². The van der Waals surface area contributed by atoms with Crippen LogP contribution >= 0.6 is 0 Å². The van der Waals surface area contributed by atoms with Gasteiger partial charge in [0.2, 0.25) is 0 Å². The second-order valence-corrected chi connectivity index (χ2v) is 7.60. The second kappa shape index (κ2) is 13.1. The molecular weight excluding hydrogens is 432 g/mol. The van der Waals surface area contributed by atoms with Crippen molar-refractivity contribution in [3.8, 4) is 5.75 Å². The van der Waals surface area contributed by atoms with E-state index in [1.807, 2.05) is 37.3 Å². The quantitative estimate of drug-likeness (QED) is 0.376. The predicted octanol–water partition coefficient (Wildman–Crippen LogP) is 3.85. The van der Waals surface area contributed by atoms with Gasteiger partial charge in [0.05, 0.1) is 25.4 Å². The van der Waals surface area contributed by atoms with Crippen LogP contribution in [0.5, 0.6) is 5.75 Å². The van der Waals surface area contributed by atoms with E-state index >= 15 is 0 Å². The molecule has 7 heteroatoms. The molecule has 0 heterocycles. The Bertz CT molecular complexity index is 1100. The molecule has 0 radical (unpaired) electrons. The van der Waals surface area contributed by atoms with Crippen molar-refractivity contribution in [1.29, 1.82) is 0 Å². The minimum absolute atomic E-state index is 0.183. The zero-order valence-corrected chi connectivity index (χ0v) is 19.3. The summed E-state index contributed by atoms with van der Waals surface area (Å²) in [6.07, 6.45) is 0. The number of benzene rings is 3. The minimum Gasteiger partial charge on any atom is -0.488 e. The number of ether oxygens (including phenoxy) is 3. The van der Waals surface area contributed by atoms with Gasteiger partial charge in [-0.05, 0) is 47.9 Å². The highest BCUT2D eigenvalue weighted by Gasteiger charge is 2.10. The SMILES string of the molecule is CCOCCOCc1cccc(CNC(=O)c2cccc(COc3ccccc3C(N)=O)c2)c1. The van der Waals surface area contributed by atoms with Crippen LogP contribution in [0.3, 0.4) is 0 Å². The van der Waals surface area contributed by atoms with Gasteiger partial charge in [-0.3, -0.25) is 9.59 Å². The summed E-state index contributed by atoms with van der Waals surface area (Å²) in [5.74, 6) is -0.325. The molecule has 34 heavy (non-hydrogen) atoms. The van der Waals surface area contributed by atoms with Crippen LogP contribution < -0.4 is 15.8 Å². The average molecular weight is 463 g/mol. The van der Waals surface area contributed by atoms with Gasteiger partial charge in [0.1, 0.15) is 12.4 Å². The van der Waals surface area contributed by atoms with Gasteiger partial charge in [-0.25, -0.2) is 0 Å². The summed E-state index contributed by atoms with van der Waals surface area (Å²) in [7, 11) is 0. The Labute approximate surface area is 199 Å². The third-order valence-electron chi connectivity index (χ3n) is 5.03. The molecule has 0 aliphatic heterocycles. The molecule has 0 unspecified atom stereocenters. The summed E-state index contributed by atoms with van der Waals surface area (Å²) in [4.78, 5) is 24.2. The highest BCUT2D eigenvalue weighted by Crippen LogP contribution is 2.19. The standard InChI is InChI=1S/C27H30N2O5/c1-2-32-13-14-33-18-21-8-5-7-20(15-21)17-29-27(31)23-10-6-9-22(16-23)19-34-25-12-4-3-11-24(25)26(28)30/h3-12,15-16H,2,13-14,17-19H2,1H3,(H2,28,30)(H,29,31). The van der Waals surface area contributed by atoms with Gasteiger partial charge in [-0.2, -0.15) is 0 Å². The van der Waals surface area contributed by atoms with Gasteiger partial charge < -0.3 is 25.3 Å². The molecule has 3 rings (SSSR count). The lowest BCUT2D eigenvalue weighted by Crippen LogP contribution is -2.23. The molecular formula is C27H30N2O5. The summed E-state index contributed by atoms with van der Waals surface area (Å²) in [5.41, 5.74) is 9.07. The number of para-hydroxylation sites is 1. The van der Waals surface area contributed by atoms with Crippen LogP contribution in [0.15, 0.2) is 72.8 Å². The number of amides is 2. The number of hydrogen-bond acceptors (Lipinski definition) is 5. The lowest BCUT2D eigenvalue weighted by Gasteiger charge is -2.11. The summed E-state index contributed by atoms with van der Waals surface area (Å²) < 4.78 is 16.6. The first kappa shape index (κ1) is 25.0. The summed E-state index contributed by atoms with van der Waals surface area (Å²) >= 11 is 0. The van der Waals surface area contributed by atoms with Gasteiger partial charge in [-0.1, -0.05) is 48.5 Å². The van der Waals surface area contributed by atoms with E-state index in [9.17, 15) is 9.59 Å². The third-order valence-corrected chi connectivity index (χ3v) is 5.03. The molecule has 3 N–H and O–H groups in total. The zero-order valence-electron chi connectivity index (χ0n) is 19.3. The van der Waals surface area contributed by atoms with Gasteiger partial charge in [0.25, 0.3) is 11.8 Å². The molecule has 0 aliphatic carbocycles. The van der Waals surface area contributed by atoms with E-state index in [4.69, 9.17) is 19.9 Å². The van der Waals surface area contributed by atoms with E-state index < -0.39 is 5.91 Å². The summed E-state index contributed by atoms with van der Waals surface area (Å²) in [6.45, 7) is 4.85. The monoisotopic (exact) mass is 462 g/mol. The van der Waals surface area contributed by atoms with Crippen LogP contribution in [0.1, 0.15) is 44.3 Å². The fourth-order valence-corrected chi connectivity index (χ4v) is 3.33. The molecule has 2 amide bonds. The van der Waals surface area contributed by atoms with Crippen molar-refractivity contribution in [3.05, 3.63) is 101 Å². The van der Waals surface area contributed by atoms with Gasteiger partial charge in [-0.15, -0.1) is 0 Å². The Morgan fingerprint density at radius 2 is 1.53 bits per heavy atom. The largest absolute Gasteiger partial charge is 0.488 e. The van der Waals surface area contributed by atoms with Crippen LogP contribution in [0.4, 0.5) is 0 Å². The molecule has 0 fully saturated rings. The number of primary amides is 1. The lowest BCUT2D eigenvalue weighted by molar-refractivity contribution is 0.0453. The maximum absolute atomic E-state index is 12.7. The molecule has 0 bridgehead atoms. The number of hydrogen-bond donors (Lipinski definition) is 2. The van der Waals surface area contributed by atoms with Crippen molar-refractivity contribution in [2.24, 2.45) is 5.73 Å². The third kappa shape index (κ3) is 7.72. The van der Waals surface area contributed by atoms with Gasteiger partial charge in [0, 0.05) is 18.7 Å². The Hall–Kier alpha value is -3.68. The number of nitrogens with two attached hydrogens (primary N) is 1. The fourth-order valence-electron chi connectivity index (χ4n) is 3.33. The van der Waals surface area contributed by atoms with E-state index in [0.29, 0.717) is 49.8 Å². The first-order chi connectivity index (χ1) is 16.6. The van der Waals surface area contributed by atoms with Crippen LogP contribution in [0.25, 0.3) is 0 Å². The fraction of sp³-hybridized carbons (Fsp3) is 0.259. The molecule has 0 aliphatic rings. The van der Waals surface area contributed by atoms with E-state index in [-0.39, 0.29) is 12.5 Å². The van der Waals surface area contributed by atoms with Gasteiger partial charge in [0.15, 0.2) is 0 Å². The molecule has 7 nitrogen and oxygen atoms in total. The molecule has 0 spiro atoms. The zero-order chi connectivity index (χ0) is 24.2. The number of nitrogens with one attached hydrogen (secondary N) is 1. The maximum Gasteiger partial charge on any atom is 0.252 e. The minimum atomic E-state index is -0.551. The van der Waals surface area contributed by atoms with Crippen molar-refractivity contribution in [1.82, 2.24) is 5.32 Å². The molecule has 0 saturated carbocycles. The summed E-state index contributed by atoms with van der Waals surface area (Å²) in [6, 6.07) is 21.9. The first-order valence-electron chi connectivity index (χ1n) is 11.2. The van der Waals surface area contributed by atoms with Crippen molar-refractivity contribution in [2.45, 2.75) is 26.7 Å². The maximum atomic E-state index is 12.7. The van der Waals surface area contributed by atoms with E-state index in [1.165, 1.54) is 0 Å². The number of rotatable bonds is 13. The van der Waals surface area contributed by atoms with Crippen molar-refractivity contribution in [3.63, 3.8) is 0 Å². The van der Waals surface area contributed by atoms with Crippen LogP contribution in [0.2, 0.25) is 0 Å². The predicted molar refractivity (Wildman–Crippen MR) is 129 cm³/mol. The molecule has 0 saturated heterocycles. The van der Waals surface area contributed by atoms with Crippen molar-refractivity contribution in [2.75, 3.05) is 19.8 Å². The second-order valence-electron chi connectivity index (χ2n) is 7.60. The molecule has 0 aromatic heterocycles. The van der Waals surface area contributed by atoms with E-state index in [0.717, 1.165) is 16.7 Å². The van der Waals surface area contributed by atoms with Crippen molar-refractivity contribution < 1.29 is 23.8 Å². The van der Waals surface area contributed by atoms with Crippen LogP contribution in [0, 0.1) is 0 Å². The van der Waals surface area contributed by atoms with Crippen LogP contribution in [-0.2, 0) is 29.2 Å². The molecule has 3 aromatic carbocycles. The Balaban J connectivity index is 1.53. The molecule has 3 aromatic rings. The van der Waals surface area contributed by atoms with Crippen molar-refractivity contribution >= 4 is 11.8 Å². The highest BCUT2D eigenvalue weighted by atomic mass is 16.5. The number of carbonyl (C=O) groups is 2. The van der Waals surface area contributed by atoms with E-state index in [2.05, 4.69) is 5.32 Å². The van der Waals surface area contributed by atoms with Gasteiger partial charge >= 0.3 is 0 Å².